The summed E-state index contributed by atoms with van der Waals surface area (Å²) < 4.78 is 0. The van der Waals surface area contributed by atoms with E-state index < -0.39 is 0 Å². The minimum absolute atomic E-state index is 0.0750. The Morgan fingerprint density at radius 2 is 2.10 bits per heavy atom. The van der Waals surface area contributed by atoms with Crippen LogP contribution < -0.4 is 5.32 Å². The number of nitrogens with one attached hydrogen (secondary N) is 1. The standard InChI is InChI=1S/C18H27NO2/c1-4-5-16(10-11-20)13-19-18(21)9-8-17-7-6-14(2)12-15(17)3/h6-9,12,16,20H,4-5,10-11,13H2,1-3H3,(H,19,21)/b9-8+. The molecule has 0 aliphatic heterocycles. The maximum Gasteiger partial charge on any atom is 0.244 e. The normalized spacial score (nSPS) is 12.6. The SMILES string of the molecule is CCCC(CCO)CNC(=O)/C=C/c1ccc(C)cc1C. The Balaban J connectivity index is 2.50. The predicted octanol–water partition coefficient (Wildman–Crippen LogP) is 3.23. The lowest BCUT2D eigenvalue weighted by Crippen LogP contribution is -2.28. The van der Waals surface area contributed by atoms with Gasteiger partial charge >= 0.3 is 0 Å². The number of amides is 1. The van der Waals surface area contributed by atoms with E-state index in [1.165, 1.54) is 11.1 Å². The van der Waals surface area contributed by atoms with Gasteiger partial charge in [0.05, 0.1) is 0 Å². The van der Waals surface area contributed by atoms with Gasteiger partial charge < -0.3 is 10.4 Å². The molecule has 1 aromatic rings. The van der Waals surface area contributed by atoms with Crippen molar-refractivity contribution in [3.05, 3.63) is 41.0 Å². The molecule has 0 radical (unpaired) electrons. The molecule has 0 aliphatic carbocycles. The molecule has 1 amide bonds. The van der Waals surface area contributed by atoms with Crippen LogP contribution in [0.15, 0.2) is 24.3 Å². The lowest BCUT2D eigenvalue weighted by Gasteiger charge is -2.14. The summed E-state index contributed by atoms with van der Waals surface area (Å²) in [4.78, 5) is 11.8. The number of hydrogen-bond acceptors (Lipinski definition) is 2. The molecule has 3 nitrogen and oxygen atoms in total. The summed E-state index contributed by atoms with van der Waals surface area (Å²) in [5.41, 5.74) is 3.46. The highest BCUT2D eigenvalue weighted by atomic mass is 16.3. The first kappa shape index (κ1) is 17.4. The molecule has 1 unspecified atom stereocenters. The van der Waals surface area contributed by atoms with E-state index in [0.717, 1.165) is 24.8 Å². The zero-order valence-corrected chi connectivity index (χ0v) is 13.4. The summed E-state index contributed by atoms with van der Waals surface area (Å²) in [6.45, 7) is 7.03. The predicted molar refractivity (Wildman–Crippen MR) is 88.1 cm³/mol. The van der Waals surface area contributed by atoms with Crippen molar-refractivity contribution in [3.8, 4) is 0 Å². The largest absolute Gasteiger partial charge is 0.396 e. The van der Waals surface area contributed by atoms with Gasteiger partial charge in [-0.2, -0.15) is 0 Å². The third kappa shape index (κ3) is 6.58. The van der Waals surface area contributed by atoms with Crippen molar-refractivity contribution in [1.29, 1.82) is 0 Å². The molecule has 0 spiro atoms. The third-order valence-corrected chi connectivity index (χ3v) is 3.64. The average Bonchev–Trinajstić information content (AvgIpc) is 2.44. The zero-order chi connectivity index (χ0) is 15.7. The molecule has 0 heterocycles. The van der Waals surface area contributed by atoms with Gasteiger partial charge in [-0.05, 0) is 49.8 Å². The second-order valence-corrected chi connectivity index (χ2v) is 5.61. The van der Waals surface area contributed by atoms with Crippen LogP contribution in [0.3, 0.4) is 0 Å². The third-order valence-electron chi connectivity index (χ3n) is 3.64. The quantitative estimate of drug-likeness (QED) is 0.722. The second-order valence-electron chi connectivity index (χ2n) is 5.61. The molecule has 0 aromatic heterocycles. The van der Waals surface area contributed by atoms with Crippen molar-refractivity contribution in [3.63, 3.8) is 0 Å². The van der Waals surface area contributed by atoms with Crippen LogP contribution in [0.5, 0.6) is 0 Å². The Morgan fingerprint density at radius 3 is 2.71 bits per heavy atom. The van der Waals surface area contributed by atoms with E-state index in [-0.39, 0.29) is 12.5 Å². The first-order valence-corrected chi connectivity index (χ1v) is 7.70. The van der Waals surface area contributed by atoms with Gasteiger partial charge in [-0.3, -0.25) is 4.79 Å². The molecule has 0 fully saturated rings. The van der Waals surface area contributed by atoms with Gasteiger partial charge in [0.25, 0.3) is 0 Å². The summed E-state index contributed by atoms with van der Waals surface area (Å²) in [5, 5.41) is 11.9. The van der Waals surface area contributed by atoms with Gasteiger partial charge in [-0.1, -0.05) is 37.1 Å². The van der Waals surface area contributed by atoms with Crippen molar-refractivity contribution in [2.45, 2.75) is 40.0 Å². The lowest BCUT2D eigenvalue weighted by atomic mass is 10.0. The van der Waals surface area contributed by atoms with Gasteiger partial charge in [0.1, 0.15) is 0 Å². The van der Waals surface area contributed by atoms with E-state index in [0.29, 0.717) is 12.5 Å². The van der Waals surface area contributed by atoms with Crippen LogP contribution in [-0.2, 0) is 4.79 Å². The highest BCUT2D eigenvalue weighted by Crippen LogP contribution is 2.12. The first-order chi connectivity index (χ1) is 10.1. The van der Waals surface area contributed by atoms with E-state index >= 15 is 0 Å². The highest BCUT2D eigenvalue weighted by Gasteiger charge is 2.08. The van der Waals surface area contributed by atoms with Crippen molar-refractivity contribution in [1.82, 2.24) is 5.32 Å². The molecule has 2 N–H and O–H groups in total. The maximum atomic E-state index is 11.8. The number of aliphatic hydroxyl groups excluding tert-OH is 1. The summed E-state index contributed by atoms with van der Waals surface area (Å²) >= 11 is 0. The fourth-order valence-electron chi connectivity index (χ4n) is 2.42. The van der Waals surface area contributed by atoms with Crippen LogP contribution in [0, 0.1) is 19.8 Å². The van der Waals surface area contributed by atoms with Crippen LogP contribution in [0.2, 0.25) is 0 Å². The fraction of sp³-hybridized carbons (Fsp3) is 0.500. The fourth-order valence-corrected chi connectivity index (χ4v) is 2.42. The number of aliphatic hydroxyl groups is 1. The number of carbonyl (C=O) groups is 1. The van der Waals surface area contributed by atoms with Gasteiger partial charge in [-0.25, -0.2) is 0 Å². The second kappa shape index (κ2) is 9.35. The number of benzene rings is 1. The Bertz CT molecular complexity index is 474. The molecule has 3 heteroatoms. The van der Waals surface area contributed by atoms with E-state index in [4.69, 9.17) is 5.11 Å². The summed E-state index contributed by atoms with van der Waals surface area (Å²) in [5.74, 6) is 0.285. The van der Waals surface area contributed by atoms with E-state index in [2.05, 4.69) is 25.2 Å². The topological polar surface area (TPSA) is 49.3 Å². The summed E-state index contributed by atoms with van der Waals surface area (Å²) in [7, 11) is 0. The highest BCUT2D eigenvalue weighted by molar-refractivity contribution is 5.91. The number of rotatable bonds is 8. The van der Waals surface area contributed by atoms with Crippen LogP contribution in [0.25, 0.3) is 6.08 Å². The van der Waals surface area contributed by atoms with Gasteiger partial charge in [0, 0.05) is 19.2 Å². The summed E-state index contributed by atoms with van der Waals surface area (Å²) in [6.07, 6.45) is 6.28. The van der Waals surface area contributed by atoms with Crippen LogP contribution in [0.4, 0.5) is 0 Å². The van der Waals surface area contributed by atoms with Crippen molar-refractivity contribution < 1.29 is 9.90 Å². The molecule has 1 aromatic carbocycles. The Kier molecular flexibility index (Phi) is 7.76. The monoisotopic (exact) mass is 289 g/mol. The van der Waals surface area contributed by atoms with Gasteiger partial charge in [0.15, 0.2) is 0 Å². The minimum Gasteiger partial charge on any atom is -0.396 e. The molecular weight excluding hydrogens is 262 g/mol. The maximum absolute atomic E-state index is 11.8. The summed E-state index contributed by atoms with van der Waals surface area (Å²) in [6, 6.07) is 6.18. The minimum atomic E-state index is -0.0750. The Morgan fingerprint density at radius 1 is 1.33 bits per heavy atom. The van der Waals surface area contributed by atoms with Crippen molar-refractivity contribution in [2.75, 3.05) is 13.2 Å². The van der Waals surface area contributed by atoms with Crippen molar-refractivity contribution >= 4 is 12.0 Å². The van der Waals surface area contributed by atoms with E-state index in [1.807, 2.05) is 25.1 Å². The molecule has 116 valence electrons. The van der Waals surface area contributed by atoms with E-state index in [1.54, 1.807) is 6.08 Å². The number of hydrogen-bond donors (Lipinski definition) is 2. The van der Waals surface area contributed by atoms with Crippen molar-refractivity contribution in [2.24, 2.45) is 5.92 Å². The smallest absolute Gasteiger partial charge is 0.244 e. The molecule has 0 saturated heterocycles. The van der Waals surface area contributed by atoms with Crippen LogP contribution in [0.1, 0.15) is 42.9 Å². The van der Waals surface area contributed by atoms with Gasteiger partial charge in [-0.15, -0.1) is 0 Å². The number of carbonyl (C=O) groups excluding carboxylic acids is 1. The number of aryl methyl sites for hydroxylation is 2. The molecule has 0 aliphatic rings. The van der Waals surface area contributed by atoms with Gasteiger partial charge in [0.2, 0.25) is 5.91 Å². The molecule has 1 rings (SSSR count). The Labute approximate surface area is 128 Å². The van der Waals surface area contributed by atoms with Crippen LogP contribution in [-0.4, -0.2) is 24.2 Å². The van der Waals surface area contributed by atoms with E-state index in [9.17, 15) is 4.79 Å². The molecule has 21 heavy (non-hydrogen) atoms. The molecule has 0 bridgehead atoms. The molecular formula is C18H27NO2. The first-order valence-electron chi connectivity index (χ1n) is 7.70. The zero-order valence-electron chi connectivity index (χ0n) is 13.4. The average molecular weight is 289 g/mol. The Hall–Kier alpha value is -1.61. The lowest BCUT2D eigenvalue weighted by molar-refractivity contribution is -0.116. The molecule has 0 saturated carbocycles. The molecule has 1 atom stereocenters. The van der Waals surface area contributed by atoms with Crippen LogP contribution >= 0.6 is 0 Å².